The summed E-state index contributed by atoms with van der Waals surface area (Å²) in [7, 11) is 0. The van der Waals surface area contributed by atoms with Crippen LogP contribution in [0.5, 0.6) is 0 Å². The summed E-state index contributed by atoms with van der Waals surface area (Å²) in [5.41, 5.74) is 2.19. The summed E-state index contributed by atoms with van der Waals surface area (Å²) in [6, 6.07) is 6.64. The van der Waals surface area contributed by atoms with Crippen molar-refractivity contribution in [3.8, 4) is 0 Å². The predicted molar refractivity (Wildman–Crippen MR) is 81.2 cm³/mol. The molecule has 0 spiro atoms. The minimum absolute atomic E-state index is 0.0727. The van der Waals surface area contributed by atoms with Crippen LogP contribution >= 0.6 is 11.6 Å². The van der Waals surface area contributed by atoms with E-state index in [0.717, 1.165) is 36.8 Å². The number of hydrogen-bond acceptors (Lipinski definition) is 3. The highest BCUT2D eigenvalue weighted by Crippen LogP contribution is 2.31. The maximum atomic E-state index is 11.8. The molecular formula is C15H20ClN3O. The van der Waals surface area contributed by atoms with E-state index in [1.54, 1.807) is 0 Å². The van der Waals surface area contributed by atoms with E-state index in [1.165, 1.54) is 18.4 Å². The van der Waals surface area contributed by atoms with Gasteiger partial charge in [0.05, 0.1) is 17.3 Å². The Balaban J connectivity index is 1.82. The standard InChI is InChI=1S/C15H20ClN3O/c16-13-4-1-3-11(9-18-12-5-6-12)15(13)19-8-2-7-17-14(20)10-19/h1,3-4,12,18H,2,5-10H2,(H,17,20). The van der Waals surface area contributed by atoms with Crippen LogP contribution in [0.4, 0.5) is 5.69 Å². The van der Waals surface area contributed by atoms with E-state index >= 15 is 0 Å². The molecule has 4 nitrogen and oxygen atoms in total. The summed E-state index contributed by atoms with van der Waals surface area (Å²) in [5, 5.41) is 7.16. The number of nitrogens with one attached hydrogen (secondary N) is 2. The average molecular weight is 294 g/mol. The van der Waals surface area contributed by atoms with Crippen molar-refractivity contribution in [1.29, 1.82) is 0 Å². The summed E-state index contributed by atoms with van der Waals surface area (Å²) in [6.45, 7) is 2.81. The normalized spacial score (nSPS) is 19.6. The maximum Gasteiger partial charge on any atom is 0.239 e. The molecule has 0 aromatic heterocycles. The first-order chi connectivity index (χ1) is 9.74. The van der Waals surface area contributed by atoms with Gasteiger partial charge in [0.1, 0.15) is 0 Å². The van der Waals surface area contributed by atoms with Crippen LogP contribution in [0.3, 0.4) is 0 Å². The lowest BCUT2D eigenvalue weighted by molar-refractivity contribution is -0.119. The number of carbonyl (C=O) groups excluding carboxylic acids is 1. The molecule has 1 aromatic carbocycles. The first kappa shape index (κ1) is 13.7. The molecule has 1 heterocycles. The number of rotatable bonds is 4. The van der Waals surface area contributed by atoms with Crippen LogP contribution in [0.2, 0.25) is 5.02 Å². The van der Waals surface area contributed by atoms with Gasteiger partial charge in [-0.3, -0.25) is 4.79 Å². The minimum atomic E-state index is 0.0727. The number of benzene rings is 1. The molecule has 1 aliphatic heterocycles. The van der Waals surface area contributed by atoms with Gasteiger partial charge in [-0.15, -0.1) is 0 Å². The summed E-state index contributed by atoms with van der Waals surface area (Å²) in [4.78, 5) is 13.9. The zero-order chi connectivity index (χ0) is 13.9. The molecule has 0 bridgehead atoms. The smallest absolute Gasteiger partial charge is 0.239 e. The van der Waals surface area contributed by atoms with Crippen LogP contribution in [0.25, 0.3) is 0 Å². The van der Waals surface area contributed by atoms with Gasteiger partial charge in [0.2, 0.25) is 5.91 Å². The summed E-state index contributed by atoms with van der Waals surface area (Å²) in [6.07, 6.45) is 3.48. The predicted octanol–water partition coefficient (Wildman–Crippen LogP) is 1.92. The van der Waals surface area contributed by atoms with Crippen LogP contribution in [0.15, 0.2) is 18.2 Å². The molecule has 1 amide bonds. The highest BCUT2D eigenvalue weighted by atomic mass is 35.5. The van der Waals surface area contributed by atoms with Gasteiger partial charge in [-0.05, 0) is 30.9 Å². The van der Waals surface area contributed by atoms with E-state index in [4.69, 9.17) is 11.6 Å². The van der Waals surface area contributed by atoms with Crippen LogP contribution < -0.4 is 15.5 Å². The topological polar surface area (TPSA) is 44.4 Å². The van der Waals surface area contributed by atoms with Crippen molar-refractivity contribution in [2.75, 3.05) is 24.5 Å². The molecule has 2 fully saturated rings. The summed E-state index contributed by atoms with van der Waals surface area (Å²) < 4.78 is 0. The summed E-state index contributed by atoms with van der Waals surface area (Å²) >= 11 is 6.39. The van der Waals surface area contributed by atoms with Crippen molar-refractivity contribution in [2.24, 2.45) is 0 Å². The Labute approximate surface area is 124 Å². The van der Waals surface area contributed by atoms with Crippen molar-refractivity contribution in [3.63, 3.8) is 0 Å². The van der Waals surface area contributed by atoms with Crippen LogP contribution in [-0.4, -0.2) is 31.6 Å². The molecule has 1 saturated heterocycles. The third kappa shape index (κ3) is 3.25. The number of hydrogen-bond donors (Lipinski definition) is 2. The van der Waals surface area contributed by atoms with E-state index in [0.29, 0.717) is 12.6 Å². The van der Waals surface area contributed by atoms with Gasteiger partial charge >= 0.3 is 0 Å². The lowest BCUT2D eigenvalue weighted by Gasteiger charge is -2.25. The lowest BCUT2D eigenvalue weighted by atomic mass is 10.1. The number of para-hydroxylation sites is 1. The second kappa shape index (κ2) is 6.02. The van der Waals surface area contributed by atoms with Gasteiger partial charge in [0.25, 0.3) is 0 Å². The Bertz CT molecular complexity index is 502. The van der Waals surface area contributed by atoms with Gasteiger partial charge in [-0.2, -0.15) is 0 Å². The Morgan fingerprint density at radius 1 is 1.40 bits per heavy atom. The number of nitrogens with zero attached hydrogens (tertiary/aromatic N) is 1. The molecule has 2 N–H and O–H groups in total. The molecule has 1 aromatic rings. The first-order valence-corrected chi connectivity index (χ1v) is 7.64. The van der Waals surface area contributed by atoms with Gasteiger partial charge in [0, 0.05) is 25.7 Å². The van der Waals surface area contributed by atoms with E-state index in [9.17, 15) is 4.79 Å². The maximum absolute atomic E-state index is 11.8. The van der Waals surface area contributed by atoms with E-state index in [-0.39, 0.29) is 5.91 Å². The van der Waals surface area contributed by atoms with Crippen molar-refractivity contribution < 1.29 is 4.79 Å². The van der Waals surface area contributed by atoms with Crippen molar-refractivity contribution >= 4 is 23.2 Å². The second-order valence-corrected chi connectivity index (χ2v) is 5.94. The molecule has 1 aliphatic carbocycles. The van der Waals surface area contributed by atoms with Gasteiger partial charge in [0.15, 0.2) is 0 Å². The number of anilines is 1. The van der Waals surface area contributed by atoms with E-state index in [2.05, 4.69) is 21.6 Å². The average Bonchev–Trinajstić information content (AvgIpc) is 3.24. The van der Waals surface area contributed by atoms with E-state index in [1.807, 2.05) is 12.1 Å². The highest BCUT2D eigenvalue weighted by Gasteiger charge is 2.23. The van der Waals surface area contributed by atoms with Crippen LogP contribution in [0, 0.1) is 0 Å². The highest BCUT2D eigenvalue weighted by molar-refractivity contribution is 6.33. The molecule has 2 aliphatic rings. The molecule has 0 radical (unpaired) electrons. The fourth-order valence-corrected chi connectivity index (χ4v) is 2.91. The van der Waals surface area contributed by atoms with Crippen LogP contribution in [-0.2, 0) is 11.3 Å². The van der Waals surface area contributed by atoms with Crippen molar-refractivity contribution in [1.82, 2.24) is 10.6 Å². The quantitative estimate of drug-likeness (QED) is 0.891. The lowest BCUT2D eigenvalue weighted by Crippen LogP contribution is -2.34. The van der Waals surface area contributed by atoms with Gasteiger partial charge in [-0.25, -0.2) is 0 Å². The zero-order valence-electron chi connectivity index (χ0n) is 11.5. The molecule has 5 heteroatoms. The molecule has 3 rings (SSSR count). The Hall–Kier alpha value is -1.26. The minimum Gasteiger partial charge on any atom is -0.361 e. The zero-order valence-corrected chi connectivity index (χ0v) is 12.2. The van der Waals surface area contributed by atoms with Crippen LogP contribution in [0.1, 0.15) is 24.8 Å². The molecule has 20 heavy (non-hydrogen) atoms. The Morgan fingerprint density at radius 2 is 2.25 bits per heavy atom. The fraction of sp³-hybridized carbons (Fsp3) is 0.533. The van der Waals surface area contributed by atoms with Gasteiger partial charge < -0.3 is 15.5 Å². The summed E-state index contributed by atoms with van der Waals surface area (Å²) in [5.74, 6) is 0.0727. The first-order valence-electron chi connectivity index (χ1n) is 7.26. The molecule has 0 unspecified atom stereocenters. The van der Waals surface area contributed by atoms with Gasteiger partial charge in [-0.1, -0.05) is 23.7 Å². The monoisotopic (exact) mass is 293 g/mol. The SMILES string of the molecule is O=C1CN(c2c(Cl)cccc2CNC2CC2)CCCN1. The Kier molecular flexibility index (Phi) is 4.13. The molecule has 1 saturated carbocycles. The second-order valence-electron chi connectivity index (χ2n) is 5.53. The number of halogens is 1. The molecule has 108 valence electrons. The Morgan fingerprint density at radius 3 is 3.05 bits per heavy atom. The van der Waals surface area contributed by atoms with E-state index < -0.39 is 0 Å². The largest absolute Gasteiger partial charge is 0.361 e. The third-order valence-corrected chi connectivity index (χ3v) is 4.11. The number of amides is 1. The molecule has 0 atom stereocenters. The molecular weight excluding hydrogens is 274 g/mol. The number of carbonyl (C=O) groups is 1. The van der Waals surface area contributed by atoms with Crippen molar-refractivity contribution in [3.05, 3.63) is 28.8 Å². The van der Waals surface area contributed by atoms with Crippen molar-refractivity contribution in [2.45, 2.75) is 31.8 Å². The fourth-order valence-electron chi connectivity index (χ4n) is 2.60. The third-order valence-electron chi connectivity index (χ3n) is 3.81.